The number of aromatic nitrogens is 3. The minimum absolute atomic E-state index is 0. The molecule has 1 aliphatic rings. The molecule has 5 N–H and O–H groups in total. The number of nitrogens with zero attached hydrogens (tertiary/aromatic N) is 3. The van der Waals surface area contributed by atoms with Crippen LogP contribution in [0.4, 0.5) is 11.8 Å². The summed E-state index contributed by atoms with van der Waals surface area (Å²) in [6.07, 6.45) is 0.769. The number of ether oxygens (including phenoxy) is 2. The number of fused-ring (bicyclic) bond motifs is 1. The Hall–Kier alpha value is -3.64. The predicted octanol–water partition coefficient (Wildman–Crippen LogP) is 3.72. The summed E-state index contributed by atoms with van der Waals surface area (Å²) in [7, 11) is 3.20. The molecule has 5 rings (SSSR count). The highest BCUT2D eigenvalue weighted by Crippen LogP contribution is 2.37. The van der Waals surface area contributed by atoms with E-state index in [4.69, 9.17) is 23.9 Å². The molecule has 0 spiro atoms. The zero-order valence-electron chi connectivity index (χ0n) is 23.4. The number of furan rings is 1. The Balaban J connectivity index is 0.00000387. The molecule has 0 aliphatic heterocycles. The van der Waals surface area contributed by atoms with Crippen molar-refractivity contribution in [2.24, 2.45) is 5.92 Å². The normalized spacial score (nSPS) is 20.1. The Morgan fingerprint density at radius 3 is 2.39 bits per heavy atom. The van der Waals surface area contributed by atoms with Crippen molar-refractivity contribution in [3.63, 3.8) is 0 Å². The number of aliphatic hydroxyl groups is 3. The van der Waals surface area contributed by atoms with Gasteiger partial charge in [0.1, 0.15) is 29.2 Å². The summed E-state index contributed by atoms with van der Waals surface area (Å²) in [5, 5.41) is 38.3. The van der Waals surface area contributed by atoms with Gasteiger partial charge in [0.2, 0.25) is 5.95 Å². The van der Waals surface area contributed by atoms with E-state index in [1.54, 1.807) is 26.5 Å². The van der Waals surface area contributed by atoms with Gasteiger partial charge in [-0.1, -0.05) is 6.92 Å². The lowest BCUT2D eigenvalue weighted by molar-refractivity contribution is 0.00446. The smallest absolute Gasteiger partial charge is 0.225 e. The Morgan fingerprint density at radius 1 is 1.02 bits per heavy atom. The van der Waals surface area contributed by atoms with E-state index >= 15 is 0 Å². The third-order valence-electron chi connectivity index (χ3n) is 7.38. The number of rotatable bonds is 10. The number of methoxy groups -OCH3 is 2. The molecule has 0 radical (unpaired) electrons. The van der Waals surface area contributed by atoms with Gasteiger partial charge in [0, 0.05) is 36.2 Å². The fraction of sp³-hybridized carbons (Fsp3) is 0.414. The van der Waals surface area contributed by atoms with Crippen LogP contribution < -0.4 is 20.1 Å². The van der Waals surface area contributed by atoms with Crippen LogP contribution in [0.3, 0.4) is 0 Å². The van der Waals surface area contributed by atoms with Gasteiger partial charge >= 0.3 is 0 Å². The highest BCUT2D eigenvalue weighted by atomic mass is 35.5. The number of aryl methyl sites for hydroxylation is 2. The van der Waals surface area contributed by atoms with E-state index in [1.165, 1.54) is 0 Å². The fourth-order valence-corrected chi connectivity index (χ4v) is 5.13. The second kappa shape index (κ2) is 12.9. The summed E-state index contributed by atoms with van der Waals surface area (Å²) in [6, 6.07) is 8.98. The third kappa shape index (κ3) is 6.33. The summed E-state index contributed by atoms with van der Waals surface area (Å²) in [5.41, 5.74) is 3.80. The molecule has 220 valence electrons. The third-order valence-corrected chi connectivity index (χ3v) is 7.38. The number of halogens is 1. The van der Waals surface area contributed by atoms with Gasteiger partial charge in [-0.2, -0.15) is 4.98 Å². The van der Waals surface area contributed by atoms with Crippen LogP contribution >= 0.6 is 12.4 Å². The maximum Gasteiger partial charge on any atom is 0.225 e. The molecule has 11 nitrogen and oxygen atoms in total. The fourth-order valence-electron chi connectivity index (χ4n) is 5.13. The van der Waals surface area contributed by atoms with Gasteiger partial charge in [-0.3, -0.25) is 4.98 Å². The van der Waals surface area contributed by atoms with Crippen LogP contribution in [0.5, 0.6) is 11.5 Å². The van der Waals surface area contributed by atoms with Crippen molar-refractivity contribution in [1.29, 1.82) is 0 Å². The van der Waals surface area contributed by atoms with Crippen LogP contribution in [0.1, 0.15) is 30.3 Å². The average Bonchev–Trinajstić information content (AvgIpc) is 3.50. The maximum absolute atomic E-state index is 10.7. The largest absolute Gasteiger partial charge is 0.497 e. The Morgan fingerprint density at radius 2 is 1.76 bits per heavy atom. The van der Waals surface area contributed by atoms with Crippen LogP contribution in [-0.2, 0) is 13.0 Å². The lowest BCUT2D eigenvalue weighted by Crippen LogP contribution is -2.35. The molecule has 0 unspecified atom stereocenters. The summed E-state index contributed by atoms with van der Waals surface area (Å²) in [4.78, 5) is 13.9. The van der Waals surface area contributed by atoms with Gasteiger partial charge in [0.15, 0.2) is 5.58 Å². The van der Waals surface area contributed by atoms with Crippen molar-refractivity contribution >= 4 is 35.1 Å². The van der Waals surface area contributed by atoms with Crippen LogP contribution in [0.15, 0.2) is 40.9 Å². The number of anilines is 2. The summed E-state index contributed by atoms with van der Waals surface area (Å²) in [6.45, 7) is 4.09. The average molecular weight is 586 g/mol. The SMILES string of the molecule is CCc1cc2cc(-c3c(C)nc(NCc4cc(OC)cc(OC)c4)nc3N[C@@H]3C[C@H](CO)[C@@H](O)[C@H]3O)oc2cn1.Cl. The van der Waals surface area contributed by atoms with Crippen molar-refractivity contribution in [3.05, 3.63) is 53.5 Å². The van der Waals surface area contributed by atoms with E-state index in [9.17, 15) is 15.3 Å². The maximum atomic E-state index is 10.7. The van der Waals surface area contributed by atoms with Crippen LogP contribution in [-0.4, -0.2) is 69.3 Å². The van der Waals surface area contributed by atoms with E-state index in [0.29, 0.717) is 58.8 Å². The quantitative estimate of drug-likeness (QED) is 0.185. The topological polar surface area (TPSA) is 155 Å². The first-order chi connectivity index (χ1) is 19.3. The van der Waals surface area contributed by atoms with E-state index in [2.05, 4.69) is 15.6 Å². The molecule has 12 heteroatoms. The van der Waals surface area contributed by atoms with Crippen LogP contribution in [0.2, 0.25) is 0 Å². The molecule has 0 saturated heterocycles. The number of aliphatic hydroxyl groups excluding tert-OH is 3. The Bertz CT molecular complexity index is 1480. The van der Waals surface area contributed by atoms with E-state index in [0.717, 1.165) is 23.1 Å². The monoisotopic (exact) mass is 585 g/mol. The van der Waals surface area contributed by atoms with Crippen molar-refractivity contribution in [2.45, 2.75) is 51.5 Å². The molecule has 1 aromatic carbocycles. The van der Waals surface area contributed by atoms with Gasteiger partial charge < -0.3 is 39.8 Å². The molecule has 0 bridgehead atoms. The zero-order chi connectivity index (χ0) is 28.4. The van der Waals surface area contributed by atoms with Gasteiger partial charge in [0.25, 0.3) is 0 Å². The van der Waals surface area contributed by atoms with Gasteiger partial charge in [0.05, 0.1) is 43.8 Å². The predicted molar refractivity (Wildman–Crippen MR) is 158 cm³/mol. The van der Waals surface area contributed by atoms with Crippen LogP contribution in [0.25, 0.3) is 22.3 Å². The second-order valence-electron chi connectivity index (χ2n) is 10.0. The Labute approximate surface area is 244 Å². The molecule has 0 amide bonds. The number of benzene rings is 1. The molecule has 4 aromatic rings. The van der Waals surface area contributed by atoms with Crippen molar-refractivity contribution in [2.75, 3.05) is 31.5 Å². The van der Waals surface area contributed by atoms with Gasteiger partial charge in [-0.15, -0.1) is 12.4 Å². The standard InChI is InChI=1S/C29H35N5O6.ClH/c1-5-19-8-17-10-23(40-24(17)13-30-19)25-15(2)32-29(31-12-16-6-20(38-3)11-21(7-16)39-4)34-28(25)33-22-9-18(14-35)26(36)27(22)37;/h6-8,10-11,13,18,22,26-27,35-37H,5,9,12,14H2,1-4H3,(H2,31,32,33,34);1H/t18-,22-,26-,27+;/m1./s1. The molecule has 1 aliphatic carbocycles. The van der Waals surface area contributed by atoms with Crippen LogP contribution in [0, 0.1) is 12.8 Å². The summed E-state index contributed by atoms with van der Waals surface area (Å²) >= 11 is 0. The minimum atomic E-state index is -1.08. The lowest BCUT2D eigenvalue weighted by atomic mass is 10.1. The molecular weight excluding hydrogens is 550 g/mol. The minimum Gasteiger partial charge on any atom is -0.497 e. The van der Waals surface area contributed by atoms with Gasteiger partial charge in [-0.05, 0) is 49.6 Å². The first kappa shape index (κ1) is 30.3. The zero-order valence-corrected chi connectivity index (χ0v) is 24.2. The Kier molecular flexibility index (Phi) is 9.54. The highest BCUT2D eigenvalue weighted by Gasteiger charge is 2.41. The van der Waals surface area contributed by atoms with Crippen molar-refractivity contribution < 1.29 is 29.2 Å². The van der Waals surface area contributed by atoms with Crippen molar-refractivity contribution in [3.8, 4) is 22.8 Å². The highest BCUT2D eigenvalue weighted by molar-refractivity contribution is 5.86. The summed E-state index contributed by atoms with van der Waals surface area (Å²) < 4.78 is 16.9. The molecule has 3 heterocycles. The molecule has 41 heavy (non-hydrogen) atoms. The second-order valence-corrected chi connectivity index (χ2v) is 10.0. The molecular formula is C29H36ClN5O6. The van der Waals surface area contributed by atoms with E-state index < -0.39 is 24.2 Å². The van der Waals surface area contributed by atoms with E-state index in [-0.39, 0.29) is 19.0 Å². The number of pyridine rings is 1. The number of hydrogen-bond donors (Lipinski definition) is 5. The lowest BCUT2D eigenvalue weighted by Gasteiger charge is -2.21. The molecule has 3 aromatic heterocycles. The number of nitrogens with one attached hydrogen (secondary N) is 2. The molecule has 4 atom stereocenters. The first-order valence-electron chi connectivity index (χ1n) is 13.3. The molecule has 1 fully saturated rings. The molecule has 1 saturated carbocycles. The number of hydrogen-bond acceptors (Lipinski definition) is 11. The van der Waals surface area contributed by atoms with E-state index in [1.807, 2.05) is 38.1 Å². The summed E-state index contributed by atoms with van der Waals surface area (Å²) in [5.74, 6) is 2.26. The van der Waals surface area contributed by atoms with Crippen molar-refractivity contribution in [1.82, 2.24) is 15.0 Å². The van der Waals surface area contributed by atoms with Gasteiger partial charge in [-0.25, -0.2) is 4.98 Å². The first-order valence-corrected chi connectivity index (χ1v) is 13.3.